The highest BCUT2D eigenvalue weighted by atomic mass is 32.2. The second-order valence-corrected chi connectivity index (χ2v) is 7.19. The second kappa shape index (κ2) is 7.51. The highest BCUT2D eigenvalue weighted by Gasteiger charge is 2.09. The lowest BCUT2D eigenvalue weighted by Gasteiger charge is -2.04. The smallest absolute Gasteiger partial charge is 0.236 e. The van der Waals surface area contributed by atoms with Crippen molar-refractivity contribution in [1.29, 1.82) is 0 Å². The number of thioether (sulfide) groups is 2. The van der Waals surface area contributed by atoms with Crippen LogP contribution in [0.15, 0.2) is 33.5 Å². The van der Waals surface area contributed by atoms with Gasteiger partial charge in [0.15, 0.2) is 4.34 Å². The number of aromatic nitrogens is 2. The van der Waals surface area contributed by atoms with Gasteiger partial charge in [0, 0.05) is 10.6 Å². The summed E-state index contributed by atoms with van der Waals surface area (Å²) in [6.45, 7) is 2.05. The van der Waals surface area contributed by atoms with Crippen LogP contribution in [-0.4, -0.2) is 27.6 Å². The third-order valence-corrected chi connectivity index (χ3v) is 5.14. The van der Waals surface area contributed by atoms with Crippen molar-refractivity contribution in [2.75, 3.05) is 22.6 Å². The predicted molar refractivity (Wildman–Crippen MR) is 86.5 cm³/mol. The Bertz CT molecular complexity index is 588. The van der Waals surface area contributed by atoms with Gasteiger partial charge in [0.2, 0.25) is 11.0 Å². The number of nitrogens with two attached hydrogens (primary N) is 1. The van der Waals surface area contributed by atoms with E-state index in [1.165, 1.54) is 23.1 Å². The van der Waals surface area contributed by atoms with Crippen molar-refractivity contribution in [3.63, 3.8) is 0 Å². The van der Waals surface area contributed by atoms with Crippen LogP contribution < -0.4 is 11.1 Å². The molecule has 0 fully saturated rings. The van der Waals surface area contributed by atoms with E-state index in [9.17, 15) is 4.79 Å². The SMILES string of the molecule is CCSc1nnc(NC(=O)CSc2ccccc2N)s1. The fraction of sp³-hybridized carbons (Fsp3) is 0.250. The van der Waals surface area contributed by atoms with E-state index in [0.717, 1.165) is 15.0 Å². The summed E-state index contributed by atoms with van der Waals surface area (Å²) < 4.78 is 0.864. The lowest BCUT2D eigenvalue weighted by atomic mass is 10.3. The summed E-state index contributed by atoms with van der Waals surface area (Å²) >= 11 is 4.40. The number of hydrogen-bond acceptors (Lipinski definition) is 7. The number of anilines is 2. The van der Waals surface area contributed by atoms with E-state index in [1.54, 1.807) is 11.8 Å². The van der Waals surface area contributed by atoms with Gasteiger partial charge in [0.1, 0.15) is 0 Å². The number of nitrogen functional groups attached to an aromatic ring is 1. The predicted octanol–water partition coefficient (Wildman–Crippen LogP) is 2.96. The highest BCUT2D eigenvalue weighted by molar-refractivity contribution is 8.01. The number of para-hydroxylation sites is 1. The van der Waals surface area contributed by atoms with Crippen LogP contribution in [0.4, 0.5) is 10.8 Å². The Morgan fingerprint density at radius 1 is 1.35 bits per heavy atom. The first-order valence-electron chi connectivity index (χ1n) is 5.92. The average molecular weight is 326 g/mol. The van der Waals surface area contributed by atoms with Gasteiger partial charge in [0.25, 0.3) is 0 Å². The third kappa shape index (κ3) is 4.39. The van der Waals surface area contributed by atoms with Gasteiger partial charge in [-0.25, -0.2) is 0 Å². The zero-order chi connectivity index (χ0) is 14.4. The number of amides is 1. The summed E-state index contributed by atoms with van der Waals surface area (Å²) in [4.78, 5) is 12.7. The largest absolute Gasteiger partial charge is 0.398 e. The van der Waals surface area contributed by atoms with E-state index in [0.29, 0.717) is 16.6 Å². The van der Waals surface area contributed by atoms with Crippen molar-refractivity contribution in [1.82, 2.24) is 10.2 Å². The molecule has 1 aromatic heterocycles. The van der Waals surface area contributed by atoms with E-state index in [4.69, 9.17) is 5.73 Å². The molecule has 2 rings (SSSR count). The van der Waals surface area contributed by atoms with Gasteiger partial charge in [0.05, 0.1) is 5.75 Å². The molecule has 0 aliphatic heterocycles. The van der Waals surface area contributed by atoms with Crippen LogP contribution in [0.25, 0.3) is 0 Å². The number of nitrogens with one attached hydrogen (secondary N) is 1. The van der Waals surface area contributed by atoms with Crippen LogP contribution >= 0.6 is 34.9 Å². The van der Waals surface area contributed by atoms with Crippen LogP contribution in [0.3, 0.4) is 0 Å². The number of hydrogen-bond donors (Lipinski definition) is 2. The molecule has 0 spiro atoms. The molecule has 0 unspecified atom stereocenters. The van der Waals surface area contributed by atoms with E-state index in [-0.39, 0.29) is 5.91 Å². The maximum Gasteiger partial charge on any atom is 0.236 e. The monoisotopic (exact) mass is 326 g/mol. The molecule has 106 valence electrons. The first-order valence-corrected chi connectivity index (χ1v) is 8.71. The van der Waals surface area contributed by atoms with Crippen molar-refractivity contribution in [2.45, 2.75) is 16.2 Å². The van der Waals surface area contributed by atoms with E-state index < -0.39 is 0 Å². The van der Waals surface area contributed by atoms with Crippen molar-refractivity contribution < 1.29 is 4.79 Å². The molecule has 1 aromatic carbocycles. The average Bonchev–Trinajstić information content (AvgIpc) is 2.85. The minimum Gasteiger partial charge on any atom is -0.398 e. The molecule has 0 saturated carbocycles. The van der Waals surface area contributed by atoms with Crippen molar-refractivity contribution in [3.8, 4) is 0 Å². The van der Waals surface area contributed by atoms with Crippen molar-refractivity contribution >= 4 is 51.6 Å². The molecular formula is C12H14N4OS3. The Labute approximate surface area is 129 Å². The highest BCUT2D eigenvalue weighted by Crippen LogP contribution is 2.26. The lowest BCUT2D eigenvalue weighted by molar-refractivity contribution is -0.113. The van der Waals surface area contributed by atoms with E-state index in [1.807, 2.05) is 31.2 Å². The van der Waals surface area contributed by atoms with Gasteiger partial charge >= 0.3 is 0 Å². The Morgan fingerprint density at radius 3 is 2.90 bits per heavy atom. The van der Waals surface area contributed by atoms with Gasteiger partial charge in [-0.2, -0.15) is 0 Å². The molecule has 1 heterocycles. The molecule has 8 heteroatoms. The number of nitrogens with zero attached hydrogens (tertiary/aromatic N) is 2. The fourth-order valence-corrected chi connectivity index (χ4v) is 3.79. The Morgan fingerprint density at radius 2 is 2.15 bits per heavy atom. The summed E-state index contributed by atoms with van der Waals surface area (Å²) in [6, 6.07) is 7.48. The van der Waals surface area contributed by atoms with Gasteiger partial charge in [-0.05, 0) is 17.9 Å². The van der Waals surface area contributed by atoms with Crippen LogP contribution in [0.1, 0.15) is 6.92 Å². The molecule has 0 atom stereocenters. The van der Waals surface area contributed by atoms with Crippen molar-refractivity contribution in [2.24, 2.45) is 0 Å². The number of carbonyl (C=O) groups is 1. The zero-order valence-corrected chi connectivity index (χ0v) is 13.3. The molecule has 0 aliphatic carbocycles. The number of carbonyl (C=O) groups excluding carboxylic acids is 1. The molecule has 0 saturated heterocycles. The summed E-state index contributed by atoms with van der Waals surface area (Å²) in [6.07, 6.45) is 0. The quantitative estimate of drug-likeness (QED) is 0.482. The van der Waals surface area contributed by atoms with Gasteiger partial charge in [-0.15, -0.1) is 22.0 Å². The van der Waals surface area contributed by atoms with Crippen LogP contribution in [-0.2, 0) is 4.79 Å². The second-order valence-electron chi connectivity index (χ2n) is 3.68. The molecule has 3 N–H and O–H groups in total. The molecule has 5 nitrogen and oxygen atoms in total. The van der Waals surface area contributed by atoms with Crippen LogP contribution in [0, 0.1) is 0 Å². The number of benzene rings is 1. The minimum absolute atomic E-state index is 0.109. The third-order valence-electron chi connectivity index (χ3n) is 2.20. The minimum atomic E-state index is -0.109. The molecular weight excluding hydrogens is 312 g/mol. The summed E-state index contributed by atoms with van der Waals surface area (Å²) in [5, 5.41) is 11.2. The van der Waals surface area contributed by atoms with Crippen LogP contribution in [0.5, 0.6) is 0 Å². The lowest BCUT2D eigenvalue weighted by Crippen LogP contribution is -2.13. The molecule has 2 aromatic rings. The molecule has 1 amide bonds. The first kappa shape index (κ1) is 15.1. The molecule has 0 aliphatic rings. The van der Waals surface area contributed by atoms with E-state index >= 15 is 0 Å². The van der Waals surface area contributed by atoms with Gasteiger partial charge in [-0.1, -0.05) is 42.2 Å². The molecule has 0 radical (unpaired) electrons. The van der Waals surface area contributed by atoms with Crippen LogP contribution in [0.2, 0.25) is 0 Å². The molecule has 0 bridgehead atoms. The Kier molecular flexibility index (Phi) is 5.69. The maximum atomic E-state index is 11.8. The van der Waals surface area contributed by atoms with E-state index in [2.05, 4.69) is 15.5 Å². The summed E-state index contributed by atoms with van der Waals surface area (Å²) in [7, 11) is 0. The maximum absolute atomic E-state index is 11.8. The van der Waals surface area contributed by atoms with Gasteiger partial charge in [-0.3, -0.25) is 10.1 Å². The Balaban J connectivity index is 1.84. The zero-order valence-electron chi connectivity index (χ0n) is 10.8. The summed E-state index contributed by atoms with van der Waals surface area (Å²) in [5.74, 6) is 1.12. The topological polar surface area (TPSA) is 80.9 Å². The summed E-state index contributed by atoms with van der Waals surface area (Å²) in [5.41, 5.74) is 6.50. The fourth-order valence-electron chi connectivity index (χ4n) is 1.35. The first-order chi connectivity index (χ1) is 9.69. The normalized spacial score (nSPS) is 10.4. The molecule has 20 heavy (non-hydrogen) atoms. The van der Waals surface area contributed by atoms with Crippen molar-refractivity contribution in [3.05, 3.63) is 24.3 Å². The standard InChI is InChI=1S/C12H14N4OS3/c1-2-18-12-16-15-11(20-12)14-10(17)7-19-9-6-4-3-5-8(9)13/h3-6H,2,7,13H2,1H3,(H,14,15,17). The Hall–Kier alpha value is -1.25. The number of rotatable bonds is 6. The van der Waals surface area contributed by atoms with Gasteiger partial charge < -0.3 is 5.73 Å².